The van der Waals surface area contributed by atoms with E-state index >= 15 is 0 Å². The maximum Gasteiger partial charge on any atom is 0.331 e. The first-order chi connectivity index (χ1) is 9.21. The van der Waals surface area contributed by atoms with Crippen molar-refractivity contribution in [2.75, 3.05) is 39.9 Å². The summed E-state index contributed by atoms with van der Waals surface area (Å²) in [6, 6.07) is 9.33. The van der Waals surface area contributed by atoms with Gasteiger partial charge in [-0.25, -0.2) is 4.79 Å². The van der Waals surface area contributed by atoms with E-state index in [1.807, 2.05) is 35.2 Å². The monoisotopic (exact) mass is 264 g/mol. The Morgan fingerprint density at radius 2 is 2.00 bits per heavy atom. The van der Waals surface area contributed by atoms with E-state index in [0.717, 1.165) is 18.7 Å². The summed E-state index contributed by atoms with van der Waals surface area (Å²) in [6.07, 6.45) is 0. The number of carbonyl (C=O) groups is 1. The molecule has 1 saturated heterocycles. The van der Waals surface area contributed by atoms with E-state index in [1.54, 1.807) is 7.11 Å². The van der Waals surface area contributed by atoms with Crippen LogP contribution in [0.5, 0.6) is 0 Å². The van der Waals surface area contributed by atoms with Crippen LogP contribution in [0.2, 0.25) is 0 Å². The molecule has 2 rings (SSSR count). The van der Waals surface area contributed by atoms with Crippen LogP contribution in [0.25, 0.3) is 0 Å². The number of carboxylic acid groups (broad SMARTS) is 1. The molecule has 19 heavy (non-hydrogen) atoms. The Labute approximate surface area is 113 Å². The Bertz CT molecular complexity index is 418. The second kappa shape index (κ2) is 6.14. The van der Waals surface area contributed by atoms with Gasteiger partial charge >= 0.3 is 5.97 Å². The van der Waals surface area contributed by atoms with Crippen molar-refractivity contribution in [3.63, 3.8) is 0 Å². The van der Waals surface area contributed by atoms with Gasteiger partial charge in [-0.05, 0) is 5.56 Å². The number of benzene rings is 1. The van der Waals surface area contributed by atoms with E-state index < -0.39 is 11.5 Å². The predicted octanol–water partition coefficient (Wildman–Crippen LogP) is 0.518. The average molecular weight is 264 g/mol. The molecule has 2 N–H and O–H groups in total. The first kappa shape index (κ1) is 14.0. The van der Waals surface area contributed by atoms with Crippen LogP contribution in [0.4, 0.5) is 0 Å². The highest BCUT2D eigenvalue weighted by molar-refractivity contribution is 5.81. The third-order valence-electron chi connectivity index (χ3n) is 3.62. The Morgan fingerprint density at radius 1 is 1.37 bits per heavy atom. The van der Waals surface area contributed by atoms with Gasteiger partial charge in [0.05, 0.1) is 6.61 Å². The number of rotatable bonds is 5. The van der Waals surface area contributed by atoms with Crippen molar-refractivity contribution in [3.05, 3.63) is 35.9 Å². The van der Waals surface area contributed by atoms with Crippen molar-refractivity contribution >= 4 is 5.97 Å². The van der Waals surface area contributed by atoms with Crippen molar-refractivity contribution in [2.24, 2.45) is 0 Å². The van der Waals surface area contributed by atoms with Crippen LogP contribution in [-0.2, 0) is 15.1 Å². The SMILES string of the molecule is COCC(C(=O)O)(c1ccccc1)N1CCNCC1. The van der Waals surface area contributed by atoms with Gasteiger partial charge in [0.1, 0.15) is 0 Å². The van der Waals surface area contributed by atoms with Gasteiger partial charge in [-0.2, -0.15) is 0 Å². The number of aliphatic carboxylic acids is 1. The fourth-order valence-electron chi connectivity index (χ4n) is 2.65. The lowest BCUT2D eigenvalue weighted by molar-refractivity contribution is -0.157. The third kappa shape index (κ3) is 2.63. The molecule has 0 radical (unpaired) electrons. The molecule has 1 heterocycles. The van der Waals surface area contributed by atoms with Crippen molar-refractivity contribution in [3.8, 4) is 0 Å². The highest BCUT2D eigenvalue weighted by Crippen LogP contribution is 2.30. The molecular formula is C14H20N2O3. The molecule has 1 aliphatic rings. The van der Waals surface area contributed by atoms with E-state index in [9.17, 15) is 9.90 Å². The summed E-state index contributed by atoms with van der Waals surface area (Å²) in [6.45, 7) is 3.14. The van der Waals surface area contributed by atoms with Gasteiger partial charge in [-0.15, -0.1) is 0 Å². The molecular weight excluding hydrogens is 244 g/mol. The summed E-state index contributed by atoms with van der Waals surface area (Å²) in [4.78, 5) is 14.0. The Morgan fingerprint density at radius 3 is 2.53 bits per heavy atom. The fourth-order valence-corrected chi connectivity index (χ4v) is 2.65. The molecule has 0 spiro atoms. The molecule has 5 nitrogen and oxygen atoms in total. The molecule has 1 aliphatic heterocycles. The van der Waals surface area contributed by atoms with Gasteiger partial charge in [0.15, 0.2) is 5.54 Å². The van der Waals surface area contributed by atoms with Gasteiger partial charge in [0, 0.05) is 33.3 Å². The predicted molar refractivity (Wildman–Crippen MR) is 72.1 cm³/mol. The minimum Gasteiger partial charge on any atom is -0.480 e. The van der Waals surface area contributed by atoms with Gasteiger partial charge in [0.25, 0.3) is 0 Å². The number of nitrogens with zero attached hydrogens (tertiary/aromatic N) is 1. The molecule has 0 aliphatic carbocycles. The third-order valence-corrected chi connectivity index (χ3v) is 3.62. The maximum atomic E-state index is 12.0. The lowest BCUT2D eigenvalue weighted by atomic mass is 9.88. The van der Waals surface area contributed by atoms with Gasteiger partial charge in [-0.3, -0.25) is 4.90 Å². The summed E-state index contributed by atoms with van der Waals surface area (Å²) in [5.41, 5.74) is -0.329. The van der Waals surface area contributed by atoms with E-state index in [4.69, 9.17) is 4.74 Å². The van der Waals surface area contributed by atoms with Crippen LogP contribution in [0, 0.1) is 0 Å². The minimum absolute atomic E-state index is 0.145. The normalized spacial score (nSPS) is 19.8. The second-order valence-corrected chi connectivity index (χ2v) is 4.70. The zero-order valence-corrected chi connectivity index (χ0v) is 11.1. The molecule has 5 heteroatoms. The van der Waals surface area contributed by atoms with Crippen LogP contribution in [-0.4, -0.2) is 55.9 Å². The molecule has 1 atom stereocenters. The summed E-state index contributed by atoms with van der Waals surface area (Å²) in [5.74, 6) is -0.859. The Hall–Kier alpha value is -1.43. The number of methoxy groups -OCH3 is 1. The zero-order chi connectivity index (χ0) is 13.7. The summed E-state index contributed by atoms with van der Waals surface area (Å²) < 4.78 is 5.23. The Balaban J connectivity index is 2.43. The highest BCUT2D eigenvalue weighted by Gasteiger charge is 2.46. The van der Waals surface area contributed by atoms with Crippen LogP contribution in [0.15, 0.2) is 30.3 Å². The fraction of sp³-hybridized carbons (Fsp3) is 0.500. The number of nitrogens with one attached hydrogen (secondary N) is 1. The standard InChI is InChI=1S/C14H20N2O3/c1-19-11-14(13(17)18,12-5-3-2-4-6-12)16-9-7-15-8-10-16/h2-6,15H,7-11H2,1H3,(H,17,18). The summed E-state index contributed by atoms with van der Waals surface area (Å²) in [7, 11) is 1.54. The number of ether oxygens (including phenoxy) is 1. The van der Waals surface area contributed by atoms with Crippen molar-refractivity contribution in [1.29, 1.82) is 0 Å². The first-order valence-corrected chi connectivity index (χ1v) is 6.45. The van der Waals surface area contributed by atoms with Crippen LogP contribution < -0.4 is 5.32 Å². The molecule has 0 aromatic heterocycles. The molecule has 0 amide bonds. The number of carboxylic acids is 1. The van der Waals surface area contributed by atoms with Gasteiger partial charge in [-0.1, -0.05) is 30.3 Å². The molecule has 1 fully saturated rings. The largest absolute Gasteiger partial charge is 0.480 e. The summed E-state index contributed by atoms with van der Waals surface area (Å²) >= 11 is 0. The molecule has 0 saturated carbocycles. The number of hydrogen-bond donors (Lipinski definition) is 2. The van der Waals surface area contributed by atoms with Gasteiger partial charge < -0.3 is 15.2 Å². The molecule has 1 aromatic carbocycles. The van der Waals surface area contributed by atoms with E-state index in [1.165, 1.54) is 0 Å². The number of hydrogen-bond acceptors (Lipinski definition) is 4. The maximum absolute atomic E-state index is 12.0. The van der Waals surface area contributed by atoms with Crippen LogP contribution in [0.1, 0.15) is 5.56 Å². The smallest absolute Gasteiger partial charge is 0.331 e. The first-order valence-electron chi connectivity index (χ1n) is 6.45. The molecule has 0 bridgehead atoms. The minimum atomic E-state index is -1.10. The van der Waals surface area contributed by atoms with Crippen molar-refractivity contribution < 1.29 is 14.6 Å². The van der Waals surface area contributed by atoms with Crippen LogP contribution >= 0.6 is 0 Å². The summed E-state index contributed by atoms with van der Waals surface area (Å²) in [5, 5.41) is 13.1. The number of piperazine rings is 1. The lowest BCUT2D eigenvalue weighted by Gasteiger charge is -2.42. The Kier molecular flexibility index (Phi) is 4.52. The van der Waals surface area contributed by atoms with Crippen LogP contribution in [0.3, 0.4) is 0 Å². The second-order valence-electron chi connectivity index (χ2n) is 4.70. The van der Waals surface area contributed by atoms with Gasteiger partial charge in [0.2, 0.25) is 0 Å². The van der Waals surface area contributed by atoms with Crippen molar-refractivity contribution in [1.82, 2.24) is 10.2 Å². The highest BCUT2D eigenvalue weighted by atomic mass is 16.5. The average Bonchev–Trinajstić information content (AvgIpc) is 2.46. The van der Waals surface area contributed by atoms with E-state index in [0.29, 0.717) is 13.1 Å². The molecule has 1 unspecified atom stereocenters. The molecule has 104 valence electrons. The van der Waals surface area contributed by atoms with E-state index in [-0.39, 0.29) is 6.61 Å². The lowest BCUT2D eigenvalue weighted by Crippen LogP contribution is -2.60. The topological polar surface area (TPSA) is 61.8 Å². The zero-order valence-electron chi connectivity index (χ0n) is 11.1. The van der Waals surface area contributed by atoms with Crippen molar-refractivity contribution in [2.45, 2.75) is 5.54 Å². The van der Waals surface area contributed by atoms with E-state index in [2.05, 4.69) is 5.32 Å². The molecule has 1 aromatic rings. The quantitative estimate of drug-likeness (QED) is 0.812.